The first-order chi connectivity index (χ1) is 6.66. The smallest absolute Gasteiger partial charge is 0.186 e. The van der Waals surface area contributed by atoms with Crippen LogP contribution >= 0.6 is 22.9 Å². The molecule has 2 heterocycles. The second-order valence-corrected chi connectivity index (χ2v) is 5.36. The first-order valence-corrected chi connectivity index (χ1v) is 6.30. The molecule has 0 bridgehead atoms. The van der Waals surface area contributed by atoms with Crippen molar-refractivity contribution in [3.63, 3.8) is 0 Å². The number of anilines is 1. The lowest BCUT2D eigenvalue weighted by atomic mass is 9.96. The van der Waals surface area contributed by atoms with Gasteiger partial charge in [0.1, 0.15) is 5.15 Å². The minimum absolute atomic E-state index is 0.605. The van der Waals surface area contributed by atoms with Crippen molar-refractivity contribution < 1.29 is 0 Å². The Kier molecular flexibility index (Phi) is 2.98. The highest BCUT2D eigenvalue weighted by Crippen LogP contribution is 2.30. The zero-order valence-electron chi connectivity index (χ0n) is 8.53. The molecule has 4 heteroatoms. The van der Waals surface area contributed by atoms with Crippen LogP contribution in [0.3, 0.4) is 0 Å². The molecule has 0 spiro atoms. The molecule has 2 unspecified atom stereocenters. The van der Waals surface area contributed by atoms with Gasteiger partial charge >= 0.3 is 0 Å². The van der Waals surface area contributed by atoms with E-state index in [9.17, 15) is 0 Å². The first-order valence-electron chi connectivity index (χ1n) is 5.04. The fraction of sp³-hybridized carbons (Fsp3) is 0.700. The quantitative estimate of drug-likeness (QED) is 0.735. The molecule has 0 amide bonds. The normalized spacial score (nSPS) is 28.1. The van der Waals surface area contributed by atoms with Gasteiger partial charge in [0.2, 0.25) is 0 Å². The van der Waals surface area contributed by atoms with Crippen LogP contribution in [0, 0.1) is 5.92 Å². The summed E-state index contributed by atoms with van der Waals surface area (Å²) in [5, 5.41) is 3.60. The molecule has 1 aliphatic rings. The number of hydrogen-bond acceptors (Lipinski definition) is 3. The van der Waals surface area contributed by atoms with Crippen LogP contribution in [0.25, 0.3) is 0 Å². The highest BCUT2D eigenvalue weighted by molar-refractivity contribution is 7.14. The lowest BCUT2D eigenvalue weighted by molar-refractivity contribution is 0.390. The molecular weight excluding hydrogens is 216 g/mol. The van der Waals surface area contributed by atoms with Crippen LogP contribution in [0.2, 0.25) is 5.15 Å². The van der Waals surface area contributed by atoms with Crippen molar-refractivity contribution in [1.82, 2.24) is 4.98 Å². The van der Waals surface area contributed by atoms with Crippen molar-refractivity contribution in [2.75, 3.05) is 11.4 Å². The fourth-order valence-electron chi connectivity index (χ4n) is 1.93. The second-order valence-electron chi connectivity index (χ2n) is 4.14. The Labute approximate surface area is 93.9 Å². The van der Waals surface area contributed by atoms with Gasteiger partial charge in [-0.3, -0.25) is 0 Å². The van der Waals surface area contributed by atoms with Crippen molar-refractivity contribution in [1.29, 1.82) is 0 Å². The number of thiazole rings is 1. The van der Waals surface area contributed by atoms with Crippen LogP contribution in [0.4, 0.5) is 5.13 Å². The summed E-state index contributed by atoms with van der Waals surface area (Å²) in [6.45, 7) is 5.68. The van der Waals surface area contributed by atoms with Crippen LogP contribution < -0.4 is 4.90 Å². The number of piperidine rings is 1. The van der Waals surface area contributed by atoms with E-state index in [1.54, 1.807) is 11.3 Å². The number of hydrogen-bond donors (Lipinski definition) is 0. The Balaban J connectivity index is 2.15. The van der Waals surface area contributed by atoms with Gasteiger partial charge in [-0.15, -0.1) is 11.3 Å². The van der Waals surface area contributed by atoms with Crippen LogP contribution in [-0.2, 0) is 0 Å². The summed E-state index contributed by atoms with van der Waals surface area (Å²) in [5.74, 6) is 0.772. The van der Waals surface area contributed by atoms with Crippen molar-refractivity contribution in [2.45, 2.75) is 32.7 Å². The summed E-state index contributed by atoms with van der Waals surface area (Å²) in [4.78, 5) is 6.71. The van der Waals surface area contributed by atoms with E-state index in [1.807, 2.05) is 5.38 Å². The average molecular weight is 231 g/mol. The van der Waals surface area contributed by atoms with E-state index in [0.29, 0.717) is 11.2 Å². The maximum Gasteiger partial charge on any atom is 0.186 e. The molecular formula is C10H15ClN2S. The van der Waals surface area contributed by atoms with Gasteiger partial charge in [-0.1, -0.05) is 18.5 Å². The standard InChI is InChI=1S/C10H15ClN2S/c1-7-3-4-8(2)13(5-7)10-12-9(11)6-14-10/h6-8H,3-5H2,1-2H3. The second kappa shape index (κ2) is 4.07. The third-order valence-corrected chi connectivity index (χ3v) is 4.03. The molecule has 0 saturated carbocycles. The maximum absolute atomic E-state index is 5.84. The Morgan fingerprint density at radius 2 is 2.29 bits per heavy atom. The molecule has 0 radical (unpaired) electrons. The number of aromatic nitrogens is 1. The Bertz CT molecular complexity index is 313. The third-order valence-electron chi connectivity index (χ3n) is 2.83. The van der Waals surface area contributed by atoms with Gasteiger partial charge in [-0.2, -0.15) is 0 Å². The number of halogens is 1. The maximum atomic E-state index is 5.84. The van der Waals surface area contributed by atoms with Gasteiger partial charge < -0.3 is 4.90 Å². The van der Waals surface area contributed by atoms with E-state index < -0.39 is 0 Å². The van der Waals surface area contributed by atoms with Crippen molar-refractivity contribution in [3.8, 4) is 0 Å². The molecule has 1 aromatic heterocycles. The summed E-state index contributed by atoms with van der Waals surface area (Å²) in [5.41, 5.74) is 0. The zero-order chi connectivity index (χ0) is 10.1. The SMILES string of the molecule is CC1CCC(C)N(c2nc(Cl)cs2)C1. The lowest BCUT2D eigenvalue weighted by Crippen LogP contribution is -2.41. The van der Waals surface area contributed by atoms with E-state index in [2.05, 4.69) is 23.7 Å². The Morgan fingerprint density at radius 1 is 1.50 bits per heavy atom. The first kappa shape index (κ1) is 10.2. The summed E-state index contributed by atoms with van der Waals surface area (Å²) >= 11 is 7.48. The van der Waals surface area contributed by atoms with Crippen molar-refractivity contribution >= 4 is 28.1 Å². The molecule has 2 nitrogen and oxygen atoms in total. The van der Waals surface area contributed by atoms with Gasteiger partial charge in [0, 0.05) is 18.0 Å². The van der Waals surface area contributed by atoms with Crippen molar-refractivity contribution in [3.05, 3.63) is 10.5 Å². The molecule has 1 fully saturated rings. The third kappa shape index (κ3) is 2.04. The van der Waals surface area contributed by atoms with Crippen LogP contribution in [0.1, 0.15) is 26.7 Å². The van der Waals surface area contributed by atoms with E-state index in [1.165, 1.54) is 12.8 Å². The average Bonchev–Trinajstić information content (AvgIpc) is 2.56. The topological polar surface area (TPSA) is 16.1 Å². The molecule has 0 aliphatic carbocycles. The van der Waals surface area contributed by atoms with Crippen LogP contribution in [0.15, 0.2) is 5.38 Å². The minimum atomic E-state index is 0.605. The van der Waals surface area contributed by atoms with Gasteiger partial charge in [-0.25, -0.2) is 4.98 Å². The predicted octanol–water partition coefficient (Wildman–Crippen LogP) is 3.42. The highest BCUT2D eigenvalue weighted by atomic mass is 35.5. The lowest BCUT2D eigenvalue weighted by Gasteiger charge is -2.36. The van der Waals surface area contributed by atoms with E-state index in [4.69, 9.17) is 11.6 Å². The molecule has 0 aromatic carbocycles. The molecule has 0 N–H and O–H groups in total. The summed E-state index contributed by atoms with van der Waals surface area (Å²) < 4.78 is 0. The minimum Gasteiger partial charge on any atom is -0.345 e. The summed E-state index contributed by atoms with van der Waals surface area (Å²) in [6.07, 6.45) is 2.59. The van der Waals surface area contributed by atoms with E-state index in [0.717, 1.165) is 17.6 Å². The molecule has 1 saturated heterocycles. The monoisotopic (exact) mass is 230 g/mol. The van der Waals surface area contributed by atoms with Crippen LogP contribution in [0.5, 0.6) is 0 Å². The summed E-state index contributed by atoms with van der Waals surface area (Å²) in [7, 11) is 0. The molecule has 1 aromatic rings. The fourth-order valence-corrected chi connectivity index (χ4v) is 2.99. The number of nitrogens with zero attached hydrogens (tertiary/aromatic N) is 2. The van der Waals surface area contributed by atoms with Crippen LogP contribution in [-0.4, -0.2) is 17.6 Å². The Hall–Kier alpha value is -0.280. The Morgan fingerprint density at radius 3 is 2.93 bits per heavy atom. The highest BCUT2D eigenvalue weighted by Gasteiger charge is 2.24. The van der Waals surface area contributed by atoms with Gasteiger partial charge in [-0.05, 0) is 25.7 Å². The number of rotatable bonds is 1. The molecule has 2 rings (SSSR count). The van der Waals surface area contributed by atoms with E-state index >= 15 is 0 Å². The van der Waals surface area contributed by atoms with E-state index in [-0.39, 0.29) is 0 Å². The predicted molar refractivity (Wildman–Crippen MR) is 62.3 cm³/mol. The molecule has 2 atom stereocenters. The van der Waals surface area contributed by atoms with Gasteiger partial charge in [0.05, 0.1) is 0 Å². The van der Waals surface area contributed by atoms with Gasteiger partial charge in [0.25, 0.3) is 0 Å². The largest absolute Gasteiger partial charge is 0.345 e. The van der Waals surface area contributed by atoms with Gasteiger partial charge in [0.15, 0.2) is 5.13 Å². The molecule has 1 aliphatic heterocycles. The molecule has 14 heavy (non-hydrogen) atoms. The zero-order valence-corrected chi connectivity index (χ0v) is 10.1. The van der Waals surface area contributed by atoms with Crippen molar-refractivity contribution in [2.24, 2.45) is 5.92 Å². The summed E-state index contributed by atoms with van der Waals surface area (Å²) in [6, 6.07) is 0.605. The molecule has 78 valence electrons.